The van der Waals surface area contributed by atoms with Gasteiger partial charge in [0.2, 0.25) is 0 Å². The highest BCUT2D eigenvalue weighted by atomic mass is 127. The Morgan fingerprint density at radius 3 is 3.12 bits per heavy atom. The summed E-state index contributed by atoms with van der Waals surface area (Å²) in [6.45, 7) is 0.922. The smallest absolute Gasteiger partial charge is 0.151 e. The molecule has 1 aliphatic heterocycles. The molecule has 1 N–H and O–H groups in total. The summed E-state index contributed by atoms with van der Waals surface area (Å²) < 4.78 is 11.8. The van der Waals surface area contributed by atoms with Crippen molar-refractivity contribution < 1.29 is 14.6 Å². The van der Waals surface area contributed by atoms with Crippen LogP contribution in [0.1, 0.15) is 6.42 Å². The predicted molar refractivity (Wildman–Crippen MR) is 67.8 cm³/mol. The summed E-state index contributed by atoms with van der Waals surface area (Å²) in [5.74, 6) is 0.660. The van der Waals surface area contributed by atoms with Gasteiger partial charge in [0, 0.05) is 6.61 Å². The molecule has 0 bridgehead atoms. The van der Waals surface area contributed by atoms with Gasteiger partial charge in [0.1, 0.15) is 17.9 Å². The molecule has 6 heteroatoms. The van der Waals surface area contributed by atoms with E-state index < -0.39 is 6.10 Å². The number of halogens is 2. The van der Waals surface area contributed by atoms with E-state index in [0.29, 0.717) is 30.5 Å². The Morgan fingerprint density at radius 2 is 2.50 bits per heavy atom. The molecule has 1 aliphatic rings. The van der Waals surface area contributed by atoms with E-state index in [1.807, 2.05) is 0 Å². The first kappa shape index (κ1) is 12.3. The molecule has 0 unspecified atom stereocenters. The lowest BCUT2D eigenvalue weighted by atomic mass is 10.2. The minimum atomic E-state index is -0.432. The number of rotatable bonds is 3. The van der Waals surface area contributed by atoms with E-state index in [-0.39, 0.29) is 6.10 Å². The van der Waals surface area contributed by atoms with Gasteiger partial charge in [0.15, 0.2) is 5.75 Å². The van der Waals surface area contributed by atoms with Gasteiger partial charge in [0.25, 0.3) is 0 Å². The van der Waals surface area contributed by atoms with Crippen molar-refractivity contribution in [3.63, 3.8) is 0 Å². The second-order valence-corrected chi connectivity index (χ2v) is 5.06. The third kappa shape index (κ3) is 2.97. The molecule has 2 heterocycles. The minimum Gasteiger partial charge on any atom is -0.488 e. The Kier molecular flexibility index (Phi) is 4.23. The summed E-state index contributed by atoms with van der Waals surface area (Å²) in [7, 11) is 0. The maximum absolute atomic E-state index is 9.54. The van der Waals surface area contributed by atoms with Gasteiger partial charge in [-0.15, -0.1) is 0 Å². The number of aromatic nitrogens is 1. The highest BCUT2D eigenvalue weighted by Gasteiger charge is 2.26. The van der Waals surface area contributed by atoms with Crippen molar-refractivity contribution in [2.45, 2.75) is 18.6 Å². The second kappa shape index (κ2) is 5.48. The lowest BCUT2D eigenvalue weighted by Crippen LogP contribution is -2.28. The van der Waals surface area contributed by atoms with Gasteiger partial charge in [-0.05, 0) is 35.1 Å². The van der Waals surface area contributed by atoms with Crippen molar-refractivity contribution >= 4 is 34.2 Å². The van der Waals surface area contributed by atoms with Crippen LogP contribution in [0.25, 0.3) is 0 Å². The predicted octanol–water partition coefficient (Wildman–Crippen LogP) is 1.87. The van der Waals surface area contributed by atoms with Gasteiger partial charge in [-0.3, -0.25) is 0 Å². The Balaban J connectivity index is 1.94. The van der Waals surface area contributed by atoms with Crippen LogP contribution in [0, 0.1) is 3.57 Å². The first-order valence-corrected chi connectivity index (χ1v) is 6.36. The normalized spacial score (nSPS) is 24.7. The molecular formula is C10H11ClINO3. The van der Waals surface area contributed by atoms with Crippen molar-refractivity contribution in [1.82, 2.24) is 4.98 Å². The third-order valence-electron chi connectivity index (χ3n) is 2.36. The molecule has 88 valence electrons. The topological polar surface area (TPSA) is 51.6 Å². The van der Waals surface area contributed by atoms with Crippen LogP contribution >= 0.6 is 34.2 Å². The van der Waals surface area contributed by atoms with Gasteiger partial charge < -0.3 is 14.6 Å². The molecule has 0 aliphatic carbocycles. The van der Waals surface area contributed by atoms with Crippen molar-refractivity contribution in [3.8, 4) is 5.75 Å². The molecule has 0 radical (unpaired) electrons. The van der Waals surface area contributed by atoms with E-state index in [1.165, 1.54) is 0 Å². The van der Waals surface area contributed by atoms with Crippen LogP contribution in [0.3, 0.4) is 0 Å². The molecular weight excluding hydrogens is 344 g/mol. The van der Waals surface area contributed by atoms with Gasteiger partial charge in [-0.1, -0.05) is 11.6 Å². The molecule has 1 aromatic heterocycles. The van der Waals surface area contributed by atoms with Crippen LogP contribution in [-0.4, -0.2) is 35.5 Å². The summed E-state index contributed by atoms with van der Waals surface area (Å²) in [5.41, 5.74) is 0. The number of ether oxygens (including phenoxy) is 2. The van der Waals surface area contributed by atoms with Gasteiger partial charge in [-0.2, -0.15) is 0 Å². The van der Waals surface area contributed by atoms with Crippen LogP contribution in [0.5, 0.6) is 5.75 Å². The van der Waals surface area contributed by atoms with Gasteiger partial charge in [0.05, 0.1) is 15.9 Å². The Bertz CT molecular complexity index is 377. The van der Waals surface area contributed by atoms with E-state index in [9.17, 15) is 5.11 Å². The fourth-order valence-corrected chi connectivity index (χ4v) is 2.40. The molecule has 1 saturated heterocycles. The number of nitrogens with zero attached hydrogens (tertiary/aromatic N) is 1. The van der Waals surface area contributed by atoms with Crippen molar-refractivity contribution in [2.75, 3.05) is 13.2 Å². The molecule has 0 spiro atoms. The Hall–Kier alpha value is -0.110. The maximum atomic E-state index is 9.54. The van der Waals surface area contributed by atoms with Gasteiger partial charge >= 0.3 is 0 Å². The zero-order chi connectivity index (χ0) is 11.5. The maximum Gasteiger partial charge on any atom is 0.151 e. The molecule has 16 heavy (non-hydrogen) atoms. The molecule has 2 atom stereocenters. The molecule has 0 saturated carbocycles. The van der Waals surface area contributed by atoms with E-state index in [2.05, 4.69) is 27.6 Å². The van der Waals surface area contributed by atoms with Crippen LogP contribution in [-0.2, 0) is 4.74 Å². The molecule has 0 amide bonds. The summed E-state index contributed by atoms with van der Waals surface area (Å²) in [6.07, 6.45) is 1.57. The fourth-order valence-electron chi connectivity index (χ4n) is 1.47. The third-order valence-corrected chi connectivity index (χ3v) is 3.41. The van der Waals surface area contributed by atoms with Crippen LogP contribution in [0.15, 0.2) is 12.3 Å². The number of pyridine rings is 1. The highest BCUT2D eigenvalue weighted by Crippen LogP contribution is 2.23. The summed E-state index contributed by atoms with van der Waals surface area (Å²) in [5, 5.41) is 9.98. The lowest BCUT2D eigenvalue weighted by molar-refractivity contribution is 0.0107. The highest BCUT2D eigenvalue weighted by molar-refractivity contribution is 14.1. The summed E-state index contributed by atoms with van der Waals surface area (Å²) in [6, 6.07) is 1.73. The summed E-state index contributed by atoms with van der Waals surface area (Å²) >= 11 is 7.86. The summed E-state index contributed by atoms with van der Waals surface area (Å²) in [4.78, 5) is 3.94. The fraction of sp³-hybridized carbons (Fsp3) is 0.500. The van der Waals surface area contributed by atoms with Crippen LogP contribution < -0.4 is 4.74 Å². The second-order valence-electron chi connectivity index (χ2n) is 3.51. The average Bonchev–Trinajstić information content (AvgIpc) is 2.63. The van der Waals surface area contributed by atoms with Crippen LogP contribution in [0.4, 0.5) is 0 Å². The Labute approximate surface area is 112 Å². The lowest BCUT2D eigenvalue weighted by Gasteiger charge is -2.15. The number of hydrogen-bond donors (Lipinski definition) is 1. The zero-order valence-corrected chi connectivity index (χ0v) is 11.3. The zero-order valence-electron chi connectivity index (χ0n) is 8.40. The van der Waals surface area contributed by atoms with E-state index in [1.54, 1.807) is 12.3 Å². The SMILES string of the molecule is O[C@H]1CCO[C@@H]1COc1cnc(Cl)cc1I. The largest absolute Gasteiger partial charge is 0.488 e. The number of hydrogen-bond acceptors (Lipinski definition) is 4. The van der Waals surface area contributed by atoms with E-state index in [4.69, 9.17) is 21.1 Å². The van der Waals surface area contributed by atoms with Gasteiger partial charge in [-0.25, -0.2) is 4.98 Å². The monoisotopic (exact) mass is 355 g/mol. The molecule has 1 aromatic rings. The van der Waals surface area contributed by atoms with Crippen molar-refractivity contribution in [3.05, 3.63) is 21.0 Å². The molecule has 2 rings (SSSR count). The van der Waals surface area contributed by atoms with Crippen molar-refractivity contribution in [1.29, 1.82) is 0 Å². The number of aliphatic hydroxyl groups excluding tert-OH is 1. The van der Waals surface area contributed by atoms with E-state index in [0.717, 1.165) is 3.57 Å². The Morgan fingerprint density at radius 1 is 1.69 bits per heavy atom. The first-order valence-electron chi connectivity index (χ1n) is 4.90. The quantitative estimate of drug-likeness (QED) is 0.664. The average molecular weight is 356 g/mol. The standard InChI is InChI=1S/C10H11ClINO3/c11-10-3-6(12)8(4-13-10)16-5-9-7(14)1-2-15-9/h3-4,7,9,14H,1-2,5H2/t7-,9+/m0/s1. The molecule has 1 fully saturated rings. The molecule has 0 aromatic carbocycles. The minimum absolute atomic E-state index is 0.244. The van der Waals surface area contributed by atoms with Crippen LogP contribution in [0.2, 0.25) is 5.15 Å². The van der Waals surface area contributed by atoms with Crippen molar-refractivity contribution in [2.24, 2.45) is 0 Å². The number of aliphatic hydroxyl groups is 1. The molecule has 4 nitrogen and oxygen atoms in total. The first-order chi connectivity index (χ1) is 7.66. The van der Waals surface area contributed by atoms with E-state index >= 15 is 0 Å².